The Bertz CT molecular complexity index is 97.3. The Balaban J connectivity index is 0.000000490. The van der Waals surface area contributed by atoms with Crippen LogP contribution in [0.3, 0.4) is 0 Å². The normalized spacial score (nSPS) is 26.6. The van der Waals surface area contributed by atoms with E-state index in [4.69, 9.17) is 5.73 Å². The Kier molecular flexibility index (Phi) is 3.49. The first kappa shape index (κ1) is 8.31. The molecule has 1 rings (SSSR count). The van der Waals surface area contributed by atoms with Gasteiger partial charge >= 0.3 is 27.3 Å². The predicted molar refractivity (Wildman–Crippen MR) is 30.6 cm³/mol. The standard InChI is InChI=1S/C3H6N2O2.Pb.2H/c4-2-1-7-5-3(2)6;;;/h2H,1,4H2,(H,5,6);;;/t2-;;;/m1.../s1. The topological polar surface area (TPSA) is 64.3 Å². The summed E-state index contributed by atoms with van der Waals surface area (Å²) in [7, 11) is 0. The Labute approximate surface area is 66.9 Å². The van der Waals surface area contributed by atoms with E-state index in [-0.39, 0.29) is 33.2 Å². The molecule has 0 aliphatic carbocycles. The molecule has 4 nitrogen and oxygen atoms in total. The quantitative estimate of drug-likeness (QED) is 0.485. The molecule has 5 heteroatoms. The molecular weight excluding hydrogens is 303 g/mol. The molecule has 0 saturated carbocycles. The van der Waals surface area contributed by atoms with Gasteiger partial charge in [-0.2, -0.15) is 0 Å². The van der Waals surface area contributed by atoms with Crippen molar-refractivity contribution in [2.24, 2.45) is 5.73 Å². The van der Waals surface area contributed by atoms with Gasteiger partial charge in [-0.15, -0.1) is 0 Å². The van der Waals surface area contributed by atoms with Crippen molar-refractivity contribution in [1.29, 1.82) is 0 Å². The number of amides is 1. The number of hydrogen-bond acceptors (Lipinski definition) is 3. The zero-order chi connectivity index (χ0) is 5.28. The Morgan fingerprint density at radius 2 is 2.50 bits per heavy atom. The van der Waals surface area contributed by atoms with Crippen molar-refractivity contribution in [3.8, 4) is 0 Å². The van der Waals surface area contributed by atoms with Crippen LogP contribution >= 0.6 is 0 Å². The van der Waals surface area contributed by atoms with Gasteiger partial charge in [-0.05, 0) is 0 Å². The van der Waals surface area contributed by atoms with Gasteiger partial charge in [0.1, 0.15) is 6.04 Å². The van der Waals surface area contributed by atoms with Gasteiger partial charge in [0.05, 0.1) is 6.61 Å². The van der Waals surface area contributed by atoms with Crippen LogP contribution in [0.5, 0.6) is 0 Å². The molecule has 1 saturated heterocycles. The predicted octanol–water partition coefficient (Wildman–Crippen LogP) is -2.54. The fraction of sp³-hybridized carbons (Fsp3) is 0.667. The fourth-order valence-corrected chi connectivity index (χ4v) is 0.354. The Morgan fingerprint density at radius 3 is 2.62 bits per heavy atom. The van der Waals surface area contributed by atoms with Gasteiger partial charge in [0.15, 0.2) is 0 Å². The van der Waals surface area contributed by atoms with Crippen LogP contribution in [0.2, 0.25) is 0 Å². The summed E-state index contributed by atoms with van der Waals surface area (Å²) in [5.41, 5.74) is 7.25. The minimum atomic E-state index is -0.458. The van der Waals surface area contributed by atoms with Crippen molar-refractivity contribution in [1.82, 2.24) is 5.48 Å². The average Bonchev–Trinajstić information content (AvgIpc) is 1.91. The summed E-state index contributed by atoms with van der Waals surface area (Å²) < 4.78 is 0. The van der Waals surface area contributed by atoms with E-state index >= 15 is 0 Å². The van der Waals surface area contributed by atoms with Gasteiger partial charge in [0, 0.05) is 0 Å². The van der Waals surface area contributed by atoms with Crippen molar-refractivity contribution in [3.63, 3.8) is 0 Å². The molecule has 0 unspecified atom stereocenters. The molecule has 0 bridgehead atoms. The van der Waals surface area contributed by atoms with E-state index < -0.39 is 6.04 Å². The van der Waals surface area contributed by atoms with E-state index in [9.17, 15) is 4.79 Å². The number of carbonyl (C=O) groups is 1. The maximum atomic E-state index is 10.2. The molecule has 0 aromatic heterocycles. The summed E-state index contributed by atoms with van der Waals surface area (Å²) >= 11 is 0. The van der Waals surface area contributed by atoms with Crippen molar-refractivity contribution in [2.45, 2.75) is 6.04 Å². The molecule has 0 spiro atoms. The SMILES string of the molecule is N[C@@H]1CONC1=O.[PbH2]. The molecule has 1 fully saturated rings. The van der Waals surface area contributed by atoms with Gasteiger partial charge < -0.3 is 5.73 Å². The van der Waals surface area contributed by atoms with Crippen molar-refractivity contribution in [2.75, 3.05) is 6.61 Å². The molecule has 3 N–H and O–H groups in total. The van der Waals surface area contributed by atoms with E-state index in [1.165, 1.54) is 0 Å². The van der Waals surface area contributed by atoms with Crippen LogP contribution in [-0.4, -0.2) is 45.9 Å². The fourth-order valence-electron chi connectivity index (χ4n) is 0.354. The number of hydroxylamine groups is 1. The molecule has 1 heterocycles. The van der Waals surface area contributed by atoms with Gasteiger partial charge in [0.2, 0.25) is 0 Å². The van der Waals surface area contributed by atoms with Gasteiger partial charge in [-0.25, -0.2) is 5.48 Å². The first-order chi connectivity index (χ1) is 3.30. The molecule has 1 atom stereocenters. The van der Waals surface area contributed by atoms with Crippen LogP contribution < -0.4 is 11.2 Å². The number of hydrogen-bond donors (Lipinski definition) is 2. The summed E-state index contributed by atoms with van der Waals surface area (Å²) in [6, 6.07) is -0.458. The number of nitrogens with two attached hydrogens (primary N) is 1. The summed E-state index contributed by atoms with van der Waals surface area (Å²) in [6.07, 6.45) is 0. The molecule has 0 aromatic carbocycles. The molecule has 0 aromatic rings. The Morgan fingerprint density at radius 1 is 1.88 bits per heavy atom. The zero-order valence-electron chi connectivity index (χ0n) is 4.39. The number of rotatable bonds is 0. The van der Waals surface area contributed by atoms with Crippen LogP contribution in [0.1, 0.15) is 0 Å². The van der Waals surface area contributed by atoms with Crippen LogP contribution in [0, 0.1) is 0 Å². The van der Waals surface area contributed by atoms with Crippen LogP contribution in [0.4, 0.5) is 0 Å². The zero-order valence-corrected chi connectivity index (χ0v) is 9.88. The molecule has 1 aliphatic heterocycles. The first-order valence-electron chi connectivity index (χ1n) is 1.98. The van der Waals surface area contributed by atoms with Crippen LogP contribution in [-0.2, 0) is 9.63 Å². The second-order valence-corrected chi connectivity index (χ2v) is 1.38. The van der Waals surface area contributed by atoms with E-state index in [1.54, 1.807) is 0 Å². The van der Waals surface area contributed by atoms with Gasteiger partial charge in [-0.3, -0.25) is 9.63 Å². The van der Waals surface area contributed by atoms with E-state index in [0.29, 0.717) is 6.61 Å². The van der Waals surface area contributed by atoms with E-state index in [1.807, 2.05) is 0 Å². The molecular formula is C3H8N2O2Pb. The number of carbonyl (C=O) groups excluding carboxylic acids is 1. The molecule has 8 heavy (non-hydrogen) atoms. The second-order valence-electron chi connectivity index (χ2n) is 1.38. The van der Waals surface area contributed by atoms with E-state index in [0.717, 1.165) is 0 Å². The molecule has 1 amide bonds. The summed E-state index contributed by atoms with van der Waals surface area (Å²) in [6.45, 7) is 0.291. The van der Waals surface area contributed by atoms with Crippen molar-refractivity contribution in [3.05, 3.63) is 0 Å². The third kappa shape index (κ3) is 1.67. The maximum absolute atomic E-state index is 10.2. The molecule has 2 radical (unpaired) electrons. The molecule has 1 aliphatic rings. The average molecular weight is 311 g/mol. The van der Waals surface area contributed by atoms with Crippen LogP contribution in [0.15, 0.2) is 0 Å². The Hall–Kier alpha value is 0.312. The van der Waals surface area contributed by atoms with Crippen LogP contribution in [0.25, 0.3) is 0 Å². The first-order valence-corrected chi connectivity index (χ1v) is 1.98. The molecule has 46 valence electrons. The second kappa shape index (κ2) is 3.36. The monoisotopic (exact) mass is 312 g/mol. The van der Waals surface area contributed by atoms with E-state index in [2.05, 4.69) is 10.3 Å². The minimum absolute atomic E-state index is 0. The third-order valence-corrected chi connectivity index (χ3v) is 0.772. The van der Waals surface area contributed by atoms with Crippen molar-refractivity contribution < 1.29 is 9.63 Å². The van der Waals surface area contributed by atoms with Crippen molar-refractivity contribution >= 4 is 33.2 Å². The van der Waals surface area contributed by atoms with Gasteiger partial charge in [-0.1, -0.05) is 0 Å². The summed E-state index contributed by atoms with van der Waals surface area (Å²) in [4.78, 5) is 14.7. The van der Waals surface area contributed by atoms with Gasteiger partial charge in [0.25, 0.3) is 5.91 Å². The number of nitrogens with one attached hydrogen (secondary N) is 1. The third-order valence-electron chi connectivity index (χ3n) is 0.772. The summed E-state index contributed by atoms with van der Waals surface area (Å²) in [5.74, 6) is -0.236. The summed E-state index contributed by atoms with van der Waals surface area (Å²) in [5, 5.41) is 0.